The molecule has 1 spiro atoms. The van der Waals surface area contributed by atoms with Crippen LogP contribution >= 0.6 is 22.6 Å². The number of aldehydes is 1. The number of rotatable bonds is 2. The van der Waals surface area contributed by atoms with Gasteiger partial charge in [0.15, 0.2) is 29.5 Å². The number of allylic oxidation sites excluding steroid dienone is 1. The summed E-state index contributed by atoms with van der Waals surface area (Å²) < 4.78 is 23.7. The number of cyclic esters (lactones) is 1. The van der Waals surface area contributed by atoms with Gasteiger partial charge in [-0.05, 0) is 58.1 Å². The van der Waals surface area contributed by atoms with Crippen LogP contribution in [0.3, 0.4) is 0 Å². The fourth-order valence-corrected chi connectivity index (χ4v) is 4.97. The van der Waals surface area contributed by atoms with Crippen LogP contribution in [-0.2, 0) is 9.47 Å². The first-order valence-corrected chi connectivity index (χ1v) is 9.53. The Labute approximate surface area is 165 Å². The van der Waals surface area contributed by atoms with E-state index < -0.39 is 23.3 Å². The second-order valence-electron chi connectivity index (χ2n) is 7.38. The summed E-state index contributed by atoms with van der Waals surface area (Å²) in [6.45, 7) is 6.26. The zero-order valence-corrected chi connectivity index (χ0v) is 16.9. The van der Waals surface area contributed by atoms with Gasteiger partial charge >= 0.3 is 6.16 Å². The molecule has 0 bridgehead atoms. The molecule has 26 heavy (non-hydrogen) atoms. The highest BCUT2D eigenvalue weighted by Gasteiger charge is 2.64. The summed E-state index contributed by atoms with van der Waals surface area (Å²) in [5.74, 6) is 0.994. The van der Waals surface area contributed by atoms with Crippen molar-refractivity contribution in [1.29, 1.82) is 0 Å². The van der Waals surface area contributed by atoms with Crippen molar-refractivity contribution in [3.63, 3.8) is 0 Å². The van der Waals surface area contributed by atoms with Crippen LogP contribution in [-0.4, -0.2) is 24.8 Å². The molecular formula is C19H19IO6. The van der Waals surface area contributed by atoms with Gasteiger partial charge in [0.2, 0.25) is 6.79 Å². The Balaban J connectivity index is 1.94. The first-order valence-electron chi connectivity index (χ1n) is 8.45. The van der Waals surface area contributed by atoms with Crippen molar-refractivity contribution < 1.29 is 28.5 Å². The van der Waals surface area contributed by atoms with Crippen molar-refractivity contribution in [2.75, 3.05) is 6.79 Å². The topological polar surface area (TPSA) is 71.1 Å². The highest BCUT2D eigenvalue weighted by atomic mass is 127. The molecule has 0 amide bonds. The third-order valence-corrected chi connectivity index (χ3v) is 8.03. The quantitative estimate of drug-likeness (QED) is 0.355. The molecule has 0 radical (unpaired) electrons. The molecule has 1 aromatic rings. The van der Waals surface area contributed by atoms with Crippen LogP contribution in [0, 0.1) is 5.41 Å². The third kappa shape index (κ3) is 2.22. The standard InChI is InChI=1S/C19H19IO6/c1-10-6-7-19(18(2,3)15(10)20)16(25-17(22)26-19)13-11(8-21)4-5-12-14(13)24-9-23-12/h4-5,8,16H,6-7,9H2,1-3H3/t16-,19+/m0/s1. The average Bonchev–Trinajstić information content (AvgIpc) is 3.21. The molecule has 6 nitrogen and oxygen atoms in total. The van der Waals surface area contributed by atoms with E-state index in [9.17, 15) is 9.59 Å². The first-order chi connectivity index (χ1) is 12.3. The Morgan fingerprint density at radius 3 is 2.77 bits per heavy atom. The zero-order chi connectivity index (χ0) is 18.7. The number of hydrogen-bond acceptors (Lipinski definition) is 6. The number of halogens is 1. The van der Waals surface area contributed by atoms with E-state index in [-0.39, 0.29) is 6.79 Å². The van der Waals surface area contributed by atoms with Crippen molar-refractivity contribution in [2.45, 2.75) is 45.3 Å². The molecule has 1 aromatic carbocycles. The average molecular weight is 470 g/mol. The molecule has 2 atom stereocenters. The van der Waals surface area contributed by atoms with Crippen molar-refractivity contribution in [3.8, 4) is 11.5 Å². The lowest BCUT2D eigenvalue weighted by Gasteiger charge is -2.48. The molecule has 138 valence electrons. The van der Waals surface area contributed by atoms with Crippen LogP contribution in [0.5, 0.6) is 11.5 Å². The Morgan fingerprint density at radius 1 is 1.27 bits per heavy atom. The minimum Gasteiger partial charge on any atom is -0.454 e. The van der Waals surface area contributed by atoms with Gasteiger partial charge < -0.3 is 18.9 Å². The smallest absolute Gasteiger partial charge is 0.454 e. The minimum atomic E-state index is -0.918. The van der Waals surface area contributed by atoms with Crippen molar-refractivity contribution in [3.05, 3.63) is 32.4 Å². The third-order valence-electron chi connectivity index (χ3n) is 5.76. The molecule has 2 heterocycles. The molecule has 2 aliphatic heterocycles. The second-order valence-corrected chi connectivity index (χ2v) is 8.46. The normalized spacial score (nSPS) is 28.9. The molecule has 3 aliphatic rings. The number of carbonyl (C=O) groups is 2. The van der Waals surface area contributed by atoms with Crippen LogP contribution in [0.15, 0.2) is 21.3 Å². The molecular weight excluding hydrogens is 451 g/mol. The first kappa shape index (κ1) is 17.6. The van der Waals surface area contributed by atoms with E-state index in [2.05, 4.69) is 29.5 Å². The number of hydrogen-bond donors (Lipinski definition) is 0. The molecule has 1 aliphatic carbocycles. The van der Waals surface area contributed by atoms with Crippen LogP contribution in [0.4, 0.5) is 4.79 Å². The van der Waals surface area contributed by atoms with Crippen LogP contribution in [0.1, 0.15) is 55.6 Å². The zero-order valence-electron chi connectivity index (χ0n) is 14.8. The Morgan fingerprint density at radius 2 is 2.04 bits per heavy atom. The van der Waals surface area contributed by atoms with Crippen LogP contribution in [0.25, 0.3) is 0 Å². The molecule has 4 rings (SSSR count). The molecule has 0 aromatic heterocycles. The molecule has 1 fully saturated rings. The predicted molar refractivity (Wildman–Crippen MR) is 101 cm³/mol. The monoisotopic (exact) mass is 470 g/mol. The molecule has 0 N–H and O–H groups in total. The minimum absolute atomic E-state index is 0.0686. The van der Waals surface area contributed by atoms with Crippen molar-refractivity contribution in [1.82, 2.24) is 0 Å². The molecule has 0 saturated carbocycles. The van der Waals surface area contributed by atoms with Crippen molar-refractivity contribution in [2.24, 2.45) is 5.41 Å². The van der Waals surface area contributed by atoms with Crippen molar-refractivity contribution >= 4 is 35.0 Å². The predicted octanol–water partition coefficient (Wildman–Crippen LogP) is 4.70. The summed E-state index contributed by atoms with van der Waals surface area (Å²) in [5, 5.41) is 0. The lowest BCUT2D eigenvalue weighted by molar-refractivity contribution is -0.0639. The van der Waals surface area contributed by atoms with E-state index in [1.165, 1.54) is 5.57 Å². The van der Waals surface area contributed by atoms with Gasteiger partial charge in [-0.25, -0.2) is 4.79 Å². The second kappa shape index (κ2) is 5.87. The lowest BCUT2D eigenvalue weighted by Crippen LogP contribution is -2.51. The van der Waals surface area contributed by atoms with E-state index in [4.69, 9.17) is 18.9 Å². The summed E-state index contributed by atoms with van der Waals surface area (Å²) >= 11 is 2.32. The fraction of sp³-hybridized carbons (Fsp3) is 0.474. The largest absolute Gasteiger partial charge is 0.509 e. The van der Waals surface area contributed by atoms with Gasteiger partial charge in [0.05, 0.1) is 5.56 Å². The van der Waals surface area contributed by atoms with Gasteiger partial charge in [-0.2, -0.15) is 0 Å². The van der Waals surface area contributed by atoms with E-state index in [1.807, 2.05) is 13.8 Å². The molecule has 7 heteroatoms. The fourth-order valence-electron chi connectivity index (χ4n) is 4.24. The van der Waals surface area contributed by atoms with E-state index in [1.54, 1.807) is 12.1 Å². The van der Waals surface area contributed by atoms with Gasteiger partial charge in [-0.3, -0.25) is 4.79 Å². The van der Waals surface area contributed by atoms with Crippen LogP contribution in [0.2, 0.25) is 0 Å². The van der Waals surface area contributed by atoms with E-state index in [0.717, 1.165) is 16.3 Å². The summed E-state index contributed by atoms with van der Waals surface area (Å²) in [5.41, 5.74) is 0.816. The van der Waals surface area contributed by atoms with E-state index in [0.29, 0.717) is 29.0 Å². The van der Waals surface area contributed by atoms with Gasteiger partial charge in [-0.15, -0.1) is 0 Å². The Hall–Kier alpha value is -1.77. The number of benzene rings is 1. The molecule has 0 unspecified atom stereocenters. The summed E-state index contributed by atoms with van der Waals surface area (Å²) in [4.78, 5) is 24.0. The van der Waals surface area contributed by atoms with Gasteiger partial charge in [0.1, 0.15) is 0 Å². The number of carbonyl (C=O) groups excluding carboxylic acids is 2. The number of fused-ring (bicyclic) bond motifs is 1. The molecule has 1 saturated heterocycles. The maximum absolute atomic E-state index is 12.3. The van der Waals surface area contributed by atoms with Gasteiger partial charge in [0, 0.05) is 11.0 Å². The maximum Gasteiger partial charge on any atom is 0.509 e. The summed E-state index contributed by atoms with van der Waals surface area (Å²) in [6.07, 6.45) is 0.675. The maximum atomic E-state index is 12.3. The number of ether oxygens (including phenoxy) is 4. The highest BCUT2D eigenvalue weighted by Crippen LogP contribution is 2.62. The SMILES string of the molecule is CC1=C(I)C(C)(C)[C@]2(CC1)OC(=O)O[C@H]2c1c(C=O)ccc2c1OCO2. The van der Waals surface area contributed by atoms with Gasteiger partial charge in [0.25, 0.3) is 0 Å². The summed E-state index contributed by atoms with van der Waals surface area (Å²) in [7, 11) is 0. The van der Waals surface area contributed by atoms with Gasteiger partial charge in [-0.1, -0.05) is 19.4 Å². The van der Waals surface area contributed by atoms with E-state index >= 15 is 0 Å². The lowest BCUT2D eigenvalue weighted by atomic mass is 9.63. The highest BCUT2D eigenvalue weighted by molar-refractivity contribution is 14.1. The Bertz CT molecular complexity index is 843. The Kier molecular flexibility index (Phi) is 3.98. The van der Waals surface area contributed by atoms with Crippen LogP contribution < -0.4 is 9.47 Å². The summed E-state index contributed by atoms with van der Waals surface area (Å²) in [6, 6.07) is 3.36.